The van der Waals surface area contributed by atoms with Gasteiger partial charge in [0.2, 0.25) is 5.88 Å². The molecular formula is C22H32N6O. The second kappa shape index (κ2) is 9.29. The van der Waals surface area contributed by atoms with E-state index in [1.54, 1.807) is 0 Å². The van der Waals surface area contributed by atoms with E-state index in [4.69, 9.17) is 4.74 Å². The Balaban J connectivity index is 1.40. The van der Waals surface area contributed by atoms with Crippen LogP contribution < -0.4 is 10.1 Å². The first-order valence-corrected chi connectivity index (χ1v) is 10.8. The molecular weight excluding hydrogens is 364 g/mol. The number of nitrogens with one attached hydrogen (secondary N) is 1. The van der Waals surface area contributed by atoms with Gasteiger partial charge in [-0.25, -0.2) is 9.97 Å². The molecule has 0 spiro atoms. The fraction of sp³-hybridized carbons (Fsp3) is 0.591. The molecule has 0 aromatic carbocycles. The molecule has 2 aliphatic rings. The number of ether oxygens (including phenoxy) is 1. The van der Waals surface area contributed by atoms with Gasteiger partial charge in [0.1, 0.15) is 6.10 Å². The van der Waals surface area contributed by atoms with E-state index in [1.807, 2.05) is 31.8 Å². The fourth-order valence-electron chi connectivity index (χ4n) is 4.43. The van der Waals surface area contributed by atoms with Crippen LogP contribution in [0.4, 0.5) is 0 Å². The largest absolute Gasteiger partial charge is 0.474 e. The Morgan fingerprint density at radius 3 is 2.90 bits per heavy atom. The van der Waals surface area contributed by atoms with Crippen molar-refractivity contribution in [3.05, 3.63) is 42.6 Å². The van der Waals surface area contributed by atoms with E-state index in [0.717, 1.165) is 49.8 Å². The monoisotopic (exact) mass is 396 g/mol. The molecule has 1 aliphatic carbocycles. The van der Waals surface area contributed by atoms with Gasteiger partial charge in [0.15, 0.2) is 5.96 Å². The van der Waals surface area contributed by atoms with Crippen LogP contribution in [0.2, 0.25) is 0 Å². The number of guanidine groups is 1. The Morgan fingerprint density at radius 2 is 2.14 bits per heavy atom. The van der Waals surface area contributed by atoms with E-state index in [0.29, 0.717) is 24.6 Å². The molecule has 156 valence electrons. The number of nitrogens with zero attached hydrogens (tertiary/aromatic N) is 5. The molecule has 0 radical (unpaired) electrons. The first kappa shape index (κ1) is 19.7. The van der Waals surface area contributed by atoms with Crippen molar-refractivity contribution in [2.45, 2.75) is 57.7 Å². The van der Waals surface area contributed by atoms with Crippen LogP contribution in [-0.2, 0) is 6.54 Å². The second-order valence-corrected chi connectivity index (χ2v) is 8.18. The van der Waals surface area contributed by atoms with Gasteiger partial charge >= 0.3 is 0 Å². The van der Waals surface area contributed by atoms with Crippen molar-refractivity contribution >= 4 is 5.96 Å². The quantitative estimate of drug-likeness (QED) is 0.621. The molecule has 1 aliphatic heterocycles. The molecule has 3 heterocycles. The van der Waals surface area contributed by atoms with Crippen LogP contribution in [0.5, 0.6) is 5.88 Å². The number of pyridine rings is 1. The summed E-state index contributed by atoms with van der Waals surface area (Å²) in [5.41, 5.74) is 1.08. The van der Waals surface area contributed by atoms with Crippen molar-refractivity contribution in [1.29, 1.82) is 0 Å². The number of likely N-dealkylation sites (tertiary alicyclic amines) is 1. The van der Waals surface area contributed by atoms with Crippen LogP contribution in [0.1, 0.15) is 50.6 Å². The third-order valence-corrected chi connectivity index (χ3v) is 6.21. The predicted octanol–water partition coefficient (Wildman–Crippen LogP) is 3.26. The summed E-state index contributed by atoms with van der Waals surface area (Å²) in [5.74, 6) is 2.30. The highest BCUT2D eigenvalue weighted by molar-refractivity contribution is 5.80. The summed E-state index contributed by atoms with van der Waals surface area (Å²) in [6.45, 7) is 4.91. The van der Waals surface area contributed by atoms with Gasteiger partial charge in [0, 0.05) is 50.8 Å². The summed E-state index contributed by atoms with van der Waals surface area (Å²) >= 11 is 0. The van der Waals surface area contributed by atoms with Gasteiger partial charge in [-0.15, -0.1) is 0 Å². The van der Waals surface area contributed by atoms with Gasteiger partial charge in [-0.2, -0.15) is 0 Å². The summed E-state index contributed by atoms with van der Waals surface area (Å²) in [5, 5.41) is 3.53. The number of rotatable bonds is 5. The van der Waals surface area contributed by atoms with Crippen molar-refractivity contribution in [2.75, 3.05) is 20.1 Å². The molecule has 2 atom stereocenters. The molecule has 1 N–H and O–H groups in total. The molecule has 0 amide bonds. The van der Waals surface area contributed by atoms with Gasteiger partial charge < -0.3 is 19.5 Å². The van der Waals surface area contributed by atoms with E-state index >= 15 is 0 Å². The summed E-state index contributed by atoms with van der Waals surface area (Å²) in [6.07, 6.45) is 13.9. The Labute approximate surface area is 173 Å². The zero-order valence-electron chi connectivity index (χ0n) is 17.5. The Hall–Kier alpha value is -2.57. The maximum absolute atomic E-state index is 6.18. The molecule has 7 heteroatoms. The Bertz CT molecular complexity index is 799. The lowest BCUT2D eigenvalue weighted by Gasteiger charge is -2.39. The molecule has 2 unspecified atom stereocenters. The molecule has 29 heavy (non-hydrogen) atoms. The van der Waals surface area contributed by atoms with Crippen LogP contribution in [0, 0.1) is 5.92 Å². The Kier molecular flexibility index (Phi) is 6.32. The normalized spacial score (nSPS) is 23.4. The van der Waals surface area contributed by atoms with Crippen LogP contribution in [0.15, 0.2) is 42.0 Å². The number of hydrogen-bond acceptors (Lipinski definition) is 4. The molecule has 2 aromatic rings. The maximum atomic E-state index is 6.18. The number of imidazole rings is 1. The summed E-state index contributed by atoms with van der Waals surface area (Å²) < 4.78 is 8.40. The average molecular weight is 397 g/mol. The van der Waals surface area contributed by atoms with Gasteiger partial charge in [0.05, 0.1) is 12.4 Å². The van der Waals surface area contributed by atoms with Gasteiger partial charge in [0.25, 0.3) is 0 Å². The lowest BCUT2D eigenvalue weighted by atomic mass is 9.93. The summed E-state index contributed by atoms with van der Waals surface area (Å²) in [4.78, 5) is 15.6. The van der Waals surface area contributed by atoms with E-state index < -0.39 is 0 Å². The van der Waals surface area contributed by atoms with Gasteiger partial charge in [-0.3, -0.25) is 4.99 Å². The van der Waals surface area contributed by atoms with Gasteiger partial charge in [-0.05, 0) is 44.1 Å². The van der Waals surface area contributed by atoms with Crippen molar-refractivity contribution < 1.29 is 4.74 Å². The summed E-state index contributed by atoms with van der Waals surface area (Å²) in [6, 6.07) is 4.47. The lowest BCUT2D eigenvalue weighted by molar-refractivity contribution is 0.188. The van der Waals surface area contributed by atoms with Crippen molar-refractivity contribution in [1.82, 2.24) is 24.8 Å². The van der Waals surface area contributed by atoms with Crippen LogP contribution >= 0.6 is 0 Å². The number of aliphatic imine (C=N–C) groups is 1. The SMILES string of the molecule is CN=C(NCc1cccnc1OC1CCCC1)N1CCC(C)C(n2ccnc2)C1. The van der Waals surface area contributed by atoms with Gasteiger partial charge in [-0.1, -0.05) is 13.0 Å². The summed E-state index contributed by atoms with van der Waals surface area (Å²) in [7, 11) is 1.85. The van der Waals surface area contributed by atoms with Crippen LogP contribution in [0.3, 0.4) is 0 Å². The molecule has 1 saturated carbocycles. The minimum Gasteiger partial charge on any atom is -0.474 e. The smallest absolute Gasteiger partial charge is 0.218 e. The number of piperidine rings is 1. The molecule has 7 nitrogen and oxygen atoms in total. The third-order valence-electron chi connectivity index (χ3n) is 6.21. The van der Waals surface area contributed by atoms with E-state index in [2.05, 4.69) is 48.9 Å². The Morgan fingerprint density at radius 1 is 1.28 bits per heavy atom. The highest BCUT2D eigenvalue weighted by Crippen LogP contribution is 2.28. The highest BCUT2D eigenvalue weighted by Gasteiger charge is 2.29. The van der Waals surface area contributed by atoms with E-state index in [9.17, 15) is 0 Å². The van der Waals surface area contributed by atoms with Crippen LogP contribution in [-0.4, -0.2) is 51.6 Å². The zero-order valence-corrected chi connectivity index (χ0v) is 17.5. The predicted molar refractivity (Wildman–Crippen MR) is 114 cm³/mol. The minimum absolute atomic E-state index is 0.308. The van der Waals surface area contributed by atoms with Crippen LogP contribution in [0.25, 0.3) is 0 Å². The second-order valence-electron chi connectivity index (χ2n) is 8.18. The topological polar surface area (TPSA) is 67.6 Å². The third kappa shape index (κ3) is 4.71. The first-order valence-electron chi connectivity index (χ1n) is 10.8. The molecule has 0 bridgehead atoms. The standard InChI is InChI=1S/C22H32N6O/c1-17-9-12-27(15-20(17)28-13-11-24-16-28)22(23-2)26-14-18-6-5-10-25-21(18)29-19-7-3-4-8-19/h5-6,10-11,13,16-17,19-20H,3-4,7-9,12,14-15H2,1-2H3,(H,23,26). The molecule has 2 fully saturated rings. The van der Waals surface area contributed by atoms with Crippen molar-refractivity contribution in [2.24, 2.45) is 10.9 Å². The molecule has 1 saturated heterocycles. The highest BCUT2D eigenvalue weighted by atomic mass is 16.5. The maximum Gasteiger partial charge on any atom is 0.218 e. The molecule has 2 aromatic heterocycles. The van der Waals surface area contributed by atoms with Crippen molar-refractivity contribution in [3.63, 3.8) is 0 Å². The minimum atomic E-state index is 0.308. The first-order chi connectivity index (χ1) is 14.2. The molecule has 4 rings (SSSR count). The van der Waals surface area contributed by atoms with E-state index in [-0.39, 0.29) is 0 Å². The van der Waals surface area contributed by atoms with E-state index in [1.165, 1.54) is 12.8 Å². The average Bonchev–Trinajstić information content (AvgIpc) is 3.45. The number of hydrogen-bond donors (Lipinski definition) is 1. The van der Waals surface area contributed by atoms with Crippen molar-refractivity contribution in [3.8, 4) is 5.88 Å². The lowest BCUT2D eigenvalue weighted by Crippen LogP contribution is -2.48. The zero-order chi connectivity index (χ0) is 20.1. The fourth-order valence-corrected chi connectivity index (χ4v) is 4.43. The number of aromatic nitrogens is 3.